The molecule has 16 nitrogen and oxygen atoms in total. The summed E-state index contributed by atoms with van der Waals surface area (Å²) in [4.78, 5) is 65.1. The van der Waals surface area contributed by atoms with Gasteiger partial charge >= 0.3 is 18.2 Å². The van der Waals surface area contributed by atoms with Gasteiger partial charge in [-0.05, 0) is 41.5 Å². The maximum atomic E-state index is 14.3. The van der Waals surface area contributed by atoms with Crippen molar-refractivity contribution < 1.29 is 38.1 Å². The Morgan fingerprint density at radius 1 is 0.878 bits per heavy atom. The molecule has 0 atom stereocenters. The normalized spacial score (nSPS) is 11.4. The molecule has 1 N–H and O–H groups in total. The number of hydrogen-bond donors (Lipinski definition) is 1. The molecule has 0 radical (unpaired) electrons. The Bertz CT molecular complexity index is 1710. The van der Waals surface area contributed by atoms with E-state index in [1.54, 1.807) is 55.5 Å². The van der Waals surface area contributed by atoms with Crippen LogP contribution in [0.15, 0.2) is 24.7 Å². The molecule has 1 aromatic carbocycles. The molecule has 49 heavy (non-hydrogen) atoms. The molecule has 0 aliphatic carbocycles. The van der Waals surface area contributed by atoms with Crippen molar-refractivity contribution in [2.24, 2.45) is 7.05 Å². The van der Waals surface area contributed by atoms with Crippen LogP contribution in [0.3, 0.4) is 0 Å². The molecule has 2 aromatic heterocycles. The number of nitrogens with one attached hydrogen (secondary N) is 1. The topological polar surface area (TPSA) is 171 Å². The second-order valence-electron chi connectivity index (χ2n) is 12.4. The molecule has 18 heteroatoms. The lowest BCUT2D eigenvalue weighted by molar-refractivity contribution is -0.115. The summed E-state index contributed by atoms with van der Waals surface area (Å²) < 4.78 is 23.3. The van der Waals surface area contributed by atoms with Crippen LogP contribution in [-0.4, -0.2) is 76.3 Å². The highest BCUT2D eigenvalue weighted by molar-refractivity contribution is 6.43. The Kier molecular flexibility index (Phi) is 11.9. The number of benzene rings is 1. The third-order valence-electron chi connectivity index (χ3n) is 6.23. The molecule has 0 saturated carbocycles. The van der Waals surface area contributed by atoms with Gasteiger partial charge in [-0.3, -0.25) is 14.4 Å². The number of carbonyl (C=O) groups excluding carboxylic acids is 4. The number of ether oxygens (including phenoxy) is 4. The molecule has 0 unspecified atom stereocenters. The van der Waals surface area contributed by atoms with E-state index in [-0.39, 0.29) is 62.7 Å². The van der Waals surface area contributed by atoms with Gasteiger partial charge in [0.1, 0.15) is 62.1 Å². The summed E-state index contributed by atoms with van der Waals surface area (Å²) in [5.74, 6) is -0.418. The molecule has 3 rings (SSSR count). The Labute approximate surface area is 294 Å². The summed E-state index contributed by atoms with van der Waals surface area (Å²) in [5.41, 5.74) is -2.07. The van der Waals surface area contributed by atoms with E-state index in [2.05, 4.69) is 20.4 Å². The number of hydrogen-bond acceptors (Lipinski definition) is 11. The zero-order chi connectivity index (χ0) is 37.0. The van der Waals surface area contributed by atoms with Gasteiger partial charge < -0.3 is 24.3 Å². The number of anilines is 5. The number of methoxy groups -OCH3 is 2. The van der Waals surface area contributed by atoms with E-state index in [1.807, 2.05) is 0 Å². The van der Waals surface area contributed by atoms with Crippen molar-refractivity contribution in [2.75, 3.05) is 41.3 Å². The minimum absolute atomic E-state index is 0.0189. The molecule has 0 fully saturated rings. The van der Waals surface area contributed by atoms with Crippen LogP contribution in [0.2, 0.25) is 10.0 Å². The molecule has 2 heterocycles. The first kappa shape index (κ1) is 38.6. The Morgan fingerprint density at radius 3 is 1.92 bits per heavy atom. The second kappa shape index (κ2) is 15.2. The SMILES string of the molecule is CCC(=O)Nc1cn(C)nc1N(C(=O)OC(C)(C)C)c1cc(N(C)C(=O)N(C(=O)OC(C)(C)C)c2c(Cl)c(OC)cc(OC)c2Cl)ncn1. The molecular weight excluding hydrogens is 683 g/mol. The van der Waals surface area contributed by atoms with Crippen molar-refractivity contribution in [3.05, 3.63) is 34.7 Å². The van der Waals surface area contributed by atoms with Gasteiger partial charge in [-0.25, -0.2) is 29.3 Å². The zero-order valence-electron chi connectivity index (χ0n) is 29.2. The molecule has 5 amide bonds. The van der Waals surface area contributed by atoms with Gasteiger partial charge in [-0.1, -0.05) is 30.1 Å². The predicted octanol–water partition coefficient (Wildman–Crippen LogP) is 6.95. The third kappa shape index (κ3) is 9.20. The van der Waals surface area contributed by atoms with E-state index in [0.717, 1.165) is 16.1 Å². The van der Waals surface area contributed by atoms with E-state index in [1.165, 1.54) is 44.3 Å². The van der Waals surface area contributed by atoms with Crippen LogP contribution in [-0.2, 0) is 21.3 Å². The number of nitrogens with zero attached hydrogens (tertiary/aromatic N) is 7. The number of amides is 5. The molecule has 3 aromatic rings. The molecule has 266 valence electrons. The number of imide groups is 1. The van der Waals surface area contributed by atoms with Crippen LogP contribution in [0.4, 0.5) is 43.2 Å². The first-order valence-electron chi connectivity index (χ1n) is 14.8. The molecule has 0 saturated heterocycles. The highest BCUT2D eigenvalue weighted by Crippen LogP contribution is 2.47. The van der Waals surface area contributed by atoms with Gasteiger partial charge in [0.2, 0.25) is 5.91 Å². The van der Waals surface area contributed by atoms with Gasteiger partial charge in [-0.2, -0.15) is 10.00 Å². The lowest BCUT2D eigenvalue weighted by Gasteiger charge is -2.31. The second-order valence-corrected chi connectivity index (χ2v) is 13.2. The van der Waals surface area contributed by atoms with E-state index in [0.29, 0.717) is 4.90 Å². The van der Waals surface area contributed by atoms with Crippen LogP contribution in [0.25, 0.3) is 0 Å². The van der Waals surface area contributed by atoms with E-state index in [9.17, 15) is 19.2 Å². The van der Waals surface area contributed by atoms with E-state index in [4.69, 9.17) is 42.1 Å². The van der Waals surface area contributed by atoms with E-state index >= 15 is 0 Å². The number of aromatic nitrogens is 4. The third-order valence-corrected chi connectivity index (χ3v) is 6.96. The number of aryl methyl sites for hydroxylation is 1. The van der Waals surface area contributed by atoms with Crippen LogP contribution in [0.5, 0.6) is 11.5 Å². The van der Waals surface area contributed by atoms with Crippen LogP contribution < -0.4 is 29.5 Å². The lowest BCUT2D eigenvalue weighted by Crippen LogP contribution is -2.48. The van der Waals surface area contributed by atoms with Crippen LogP contribution >= 0.6 is 23.2 Å². The van der Waals surface area contributed by atoms with Crippen LogP contribution in [0.1, 0.15) is 54.9 Å². The van der Waals surface area contributed by atoms with Crippen molar-refractivity contribution in [3.63, 3.8) is 0 Å². The van der Waals surface area contributed by atoms with Gasteiger partial charge in [0.15, 0.2) is 5.82 Å². The molecule has 0 spiro atoms. The monoisotopic (exact) mass is 722 g/mol. The molecule has 0 bridgehead atoms. The number of rotatable bonds is 8. The lowest BCUT2D eigenvalue weighted by atomic mass is 10.2. The number of urea groups is 1. The molecule has 0 aliphatic heterocycles. The Morgan fingerprint density at radius 2 is 1.41 bits per heavy atom. The summed E-state index contributed by atoms with van der Waals surface area (Å²) >= 11 is 13.3. The minimum atomic E-state index is -1.13. The first-order valence-corrected chi connectivity index (χ1v) is 15.6. The quantitative estimate of drug-likeness (QED) is 0.255. The minimum Gasteiger partial charge on any atom is -0.495 e. The fourth-order valence-electron chi connectivity index (χ4n) is 4.10. The smallest absolute Gasteiger partial charge is 0.423 e. The van der Waals surface area contributed by atoms with Crippen LogP contribution in [0, 0.1) is 0 Å². The first-order chi connectivity index (χ1) is 22.7. The zero-order valence-corrected chi connectivity index (χ0v) is 30.7. The van der Waals surface area contributed by atoms with Gasteiger partial charge in [0.25, 0.3) is 0 Å². The van der Waals surface area contributed by atoms with E-state index < -0.39 is 29.4 Å². The molecular formula is C31H40Cl2N8O8. The fraction of sp³-hybridized carbons (Fsp3) is 0.452. The average molecular weight is 724 g/mol. The number of halogens is 2. The van der Waals surface area contributed by atoms with Crippen molar-refractivity contribution >= 4 is 76.2 Å². The predicted molar refractivity (Wildman–Crippen MR) is 185 cm³/mol. The highest BCUT2D eigenvalue weighted by Gasteiger charge is 2.38. The highest BCUT2D eigenvalue weighted by atomic mass is 35.5. The summed E-state index contributed by atoms with van der Waals surface area (Å²) in [6.07, 6.45) is 0.734. The van der Waals surface area contributed by atoms with Gasteiger partial charge in [0, 0.05) is 32.6 Å². The fourth-order valence-corrected chi connectivity index (χ4v) is 4.77. The maximum absolute atomic E-state index is 14.3. The summed E-state index contributed by atoms with van der Waals surface area (Å²) in [7, 11) is 5.59. The van der Waals surface area contributed by atoms with Crippen molar-refractivity contribution in [1.29, 1.82) is 0 Å². The Balaban J connectivity index is 2.21. The summed E-state index contributed by atoms with van der Waals surface area (Å²) in [6, 6.07) is 1.66. The largest absolute Gasteiger partial charge is 0.495 e. The van der Waals surface area contributed by atoms with Crippen molar-refractivity contribution in [1.82, 2.24) is 19.7 Å². The standard InChI is InChI=1S/C31H40Cl2N8O8/c1-12-22(42)36-17-15-38(8)37-26(17)40(28(44)48-30(2,3)4)21-14-20(34-16-35-21)39(9)27(43)41(29(45)49-31(5,6)7)25-23(32)18(46-10)13-19(47-11)24(25)33/h13-16H,12H2,1-11H3,(H,36,42). The number of carbonyl (C=O) groups is 4. The van der Waals surface area contributed by atoms with Gasteiger partial charge in [-0.15, -0.1) is 0 Å². The Hall–Kier alpha value is -4.83. The van der Waals surface area contributed by atoms with Crippen molar-refractivity contribution in [2.45, 2.75) is 66.1 Å². The summed E-state index contributed by atoms with van der Waals surface area (Å²) in [5, 5.41) is 6.72. The van der Waals surface area contributed by atoms with Gasteiger partial charge in [0.05, 0.1) is 20.4 Å². The summed E-state index contributed by atoms with van der Waals surface area (Å²) in [6.45, 7) is 11.5. The average Bonchev–Trinajstić information content (AvgIpc) is 3.35. The molecule has 0 aliphatic rings. The maximum Gasteiger partial charge on any atom is 0.423 e. The van der Waals surface area contributed by atoms with Crippen molar-refractivity contribution in [3.8, 4) is 11.5 Å².